The highest BCUT2D eigenvalue weighted by molar-refractivity contribution is 5.31. The smallest absolute Gasteiger partial charge is 0.293 e. The van der Waals surface area contributed by atoms with E-state index in [0.29, 0.717) is 18.3 Å². The number of rotatable bonds is 3. The van der Waals surface area contributed by atoms with Crippen molar-refractivity contribution in [3.63, 3.8) is 0 Å². The van der Waals surface area contributed by atoms with Crippen LogP contribution in [0.3, 0.4) is 0 Å². The molecule has 1 heterocycles. The Morgan fingerprint density at radius 1 is 1.50 bits per heavy atom. The fourth-order valence-corrected chi connectivity index (χ4v) is 2.17. The summed E-state index contributed by atoms with van der Waals surface area (Å²) in [5.74, 6) is 0.846. The number of nitrogens with zero attached hydrogens (tertiary/aromatic N) is 2. The van der Waals surface area contributed by atoms with E-state index in [2.05, 4.69) is 10.3 Å². The lowest BCUT2D eigenvalue weighted by atomic mass is 9.82. The average Bonchev–Trinajstić information content (AvgIpc) is 2.23. The maximum atomic E-state index is 12.2. The van der Waals surface area contributed by atoms with Crippen LogP contribution in [0.4, 0.5) is 5.82 Å². The van der Waals surface area contributed by atoms with Crippen LogP contribution in [0.15, 0.2) is 17.2 Å². The van der Waals surface area contributed by atoms with Gasteiger partial charge in [0.15, 0.2) is 5.82 Å². The first-order valence-electron chi connectivity index (χ1n) is 6.38. The molecule has 1 aromatic heterocycles. The molecule has 1 saturated carbocycles. The predicted molar refractivity (Wildman–Crippen MR) is 70.7 cm³/mol. The van der Waals surface area contributed by atoms with Gasteiger partial charge in [0, 0.05) is 24.5 Å². The van der Waals surface area contributed by atoms with Crippen LogP contribution in [-0.2, 0) is 5.54 Å². The molecule has 0 spiro atoms. The van der Waals surface area contributed by atoms with Gasteiger partial charge in [0.1, 0.15) is 0 Å². The van der Waals surface area contributed by atoms with Crippen LogP contribution < -0.4 is 10.9 Å². The quantitative estimate of drug-likeness (QED) is 0.846. The van der Waals surface area contributed by atoms with E-state index in [1.165, 1.54) is 0 Å². The highest BCUT2D eigenvalue weighted by Gasteiger charge is 2.27. The highest BCUT2D eigenvalue weighted by Crippen LogP contribution is 2.26. The van der Waals surface area contributed by atoms with Crippen molar-refractivity contribution in [3.8, 4) is 0 Å². The van der Waals surface area contributed by atoms with E-state index < -0.39 is 0 Å². The molecule has 1 aliphatic carbocycles. The lowest BCUT2D eigenvalue weighted by Crippen LogP contribution is -2.37. The van der Waals surface area contributed by atoms with Gasteiger partial charge < -0.3 is 15.0 Å². The van der Waals surface area contributed by atoms with Crippen molar-refractivity contribution < 1.29 is 5.11 Å². The fraction of sp³-hybridized carbons (Fsp3) is 0.692. The molecule has 2 rings (SSSR count). The molecule has 0 radical (unpaired) electrons. The Morgan fingerprint density at radius 3 is 2.72 bits per heavy atom. The maximum Gasteiger partial charge on any atom is 0.293 e. The van der Waals surface area contributed by atoms with E-state index in [4.69, 9.17) is 0 Å². The highest BCUT2D eigenvalue weighted by atomic mass is 16.3. The third-order valence-corrected chi connectivity index (χ3v) is 3.33. The number of aliphatic hydroxyl groups excluding tert-OH is 1. The second-order valence-corrected chi connectivity index (χ2v) is 5.99. The summed E-state index contributed by atoms with van der Waals surface area (Å²) in [6.45, 7) is 6.66. The summed E-state index contributed by atoms with van der Waals surface area (Å²) in [7, 11) is 0. The molecule has 1 aliphatic rings. The van der Waals surface area contributed by atoms with Crippen molar-refractivity contribution in [3.05, 3.63) is 22.7 Å². The van der Waals surface area contributed by atoms with E-state index >= 15 is 0 Å². The summed E-state index contributed by atoms with van der Waals surface area (Å²) in [6.07, 6.45) is 4.82. The van der Waals surface area contributed by atoms with E-state index in [9.17, 15) is 9.90 Å². The van der Waals surface area contributed by atoms with Gasteiger partial charge in [0.2, 0.25) is 0 Å². The normalized spacial score (nSPS) is 23.6. The molecular formula is C13H21N3O2. The van der Waals surface area contributed by atoms with Crippen molar-refractivity contribution in [1.29, 1.82) is 0 Å². The van der Waals surface area contributed by atoms with Gasteiger partial charge in [0.25, 0.3) is 5.56 Å². The van der Waals surface area contributed by atoms with Crippen LogP contribution in [0, 0.1) is 5.92 Å². The van der Waals surface area contributed by atoms with Gasteiger partial charge >= 0.3 is 0 Å². The first-order chi connectivity index (χ1) is 8.38. The summed E-state index contributed by atoms with van der Waals surface area (Å²) in [5.41, 5.74) is -0.340. The molecule has 0 unspecified atom stereocenters. The molecule has 0 aliphatic heterocycles. The molecule has 5 nitrogen and oxygen atoms in total. The SMILES string of the molecule is CC(C)(C)n1ccnc(NCC2CC(O)C2)c1=O. The Morgan fingerprint density at radius 2 is 2.17 bits per heavy atom. The Labute approximate surface area is 107 Å². The molecule has 0 bridgehead atoms. The molecule has 1 fully saturated rings. The van der Waals surface area contributed by atoms with Crippen LogP contribution in [0.5, 0.6) is 0 Å². The summed E-state index contributed by atoms with van der Waals surface area (Å²) >= 11 is 0. The number of hydrogen-bond acceptors (Lipinski definition) is 4. The number of nitrogens with one attached hydrogen (secondary N) is 1. The van der Waals surface area contributed by atoms with E-state index in [1.54, 1.807) is 17.0 Å². The minimum absolute atomic E-state index is 0.0927. The van der Waals surface area contributed by atoms with Crippen LogP contribution in [0.1, 0.15) is 33.6 Å². The zero-order valence-electron chi connectivity index (χ0n) is 11.2. The van der Waals surface area contributed by atoms with Crippen molar-refractivity contribution >= 4 is 5.82 Å². The molecule has 1 aromatic rings. The van der Waals surface area contributed by atoms with Crippen LogP contribution in [0.25, 0.3) is 0 Å². The number of aromatic nitrogens is 2. The molecular weight excluding hydrogens is 230 g/mol. The lowest BCUT2D eigenvalue weighted by molar-refractivity contribution is 0.0486. The molecule has 0 amide bonds. The number of aliphatic hydroxyl groups is 1. The third-order valence-electron chi connectivity index (χ3n) is 3.33. The molecule has 0 saturated heterocycles. The van der Waals surface area contributed by atoms with Crippen molar-refractivity contribution in [2.24, 2.45) is 5.92 Å². The van der Waals surface area contributed by atoms with Gasteiger partial charge in [-0.2, -0.15) is 0 Å². The third kappa shape index (κ3) is 2.72. The zero-order valence-corrected chi connectivity index (χ0v) is 11.2. The molecule has 100 valence electrons. The van der Waals surface area contributed by atoms with Crippen LogP contribution >= 0.6 is 0 Å². The average molecular weight is 251 g/mol. The number of anilines is 1. The molecule has 0 aromatic carbocycles. The first kappa shape index (κ1) is 13.1. The van der Waals surface area contributed by atoms with E-state index in [-0.39, 0.29) is 17.2 Å². The van der Waals surface area contributed by atoms with Crippen molar-refractivity contribution in [2.45, 2.75) is 45.3 Å². The van der Waals surface area contributed by atoms with Crippen molar-refractivity contribution in [2.75, 3.05) is 11.9 Å². The molecule has 2 N–H and O–H groups in total. The minimum atomic E-state index is -0.247. The summed E-state index contributed by atoms with van der Waals surface area (Å²) < 4.78 is 1.68. The Balaban J connectivity index is 2.07. The van der Waals surface area contributed by atoms with Crippen LogP contribution in [0.2, 0.25) is 0 Å². The van der Waals surface area contributed by atoms with Crippen LogP contribution in [-0.4, -0.2) is 27.3 Å². The second kappa shape index (κ2) is 4.72. The van der Waals surface area contributed by atoms with E-state index in [1.807, 2.05) is 20.8 Å². The Bertz CT molecular complexity index is 470. The predicted octanol–water partition coefficient (Wildman–Crippen LogP) is 1.18. The summed E-state index contributed by atoms with van der Waals surface area (Å²) in [6, 6.07) is 0. The Kier molecular flexibility index (Phi) is 3.43. The standard InChI is InChI=1S/C13H21N3O2/c1-13(2,3)16-5-4-14-11(12(16)18)15-8-9-6-10(17)7-9/h4-5,9-10,17H,6-8H2,1-3H3,(H,14,15). The fourth-order valence-electron chi connectivity index (χ4n) is 2.17. The molecule has 18 heavy (non-hydrogen) atoms. The zero-order chi connectivity index (χ0) is 13.3. The Hall–Kier alpha value is -1.36. The van der Waals surface area contributed by atoms with Gasteiger partial charge in [-0.05, 0) is 39.5 Å². The second-order valence-electron chi connectivity index (χ2n) is 5.99. The van der Waals surface area contributed by atoms with Gasteiger partial charge in [-0.3, -0.25) is 4.79 Å². The lowest BCUT2D eigenvalue weighted by Gasteiger charge is -2.31. The van der Waals surface area contributed by atoms with Gasteiger partial charge in [0.05, 0.1) is 6.10 Å². The first-order valence-corrected chi connectivity index (χ1v) is 6.38. The monoisotopic (exact) mass is 251 g/mol. The topological polar surface area (TPSA) is 67.2 Å². The largest absolute Gasteiger partial charge is 0.393 e. The molecule has 5 heteroatoms. The van der Waals surface area contributed by atoms with E-state index in [0.717, 1.165) is 12.8 Å². The van der Waals surface area contributed by atoms with Gasteiger partial charge in [-0.15, -0.1) is 0 Å². The summed E-state index contributed by atoms with van der Waals surface area (Å²) in [4.78, 5) is 16.3. The molecule has 0 atom stereocenters. The summed E-state index contributed by atoms with van der Waals surface area (Å²) in [5, 5.41) is 12.3. The minimum Gasteiger partial charge on any atom is -0.393 e. The van der Waals surface area contributed by atoms with Gasteiger partial charge in [-0.25, -0.2) is 4.98 Å². The number of hydrogen-bond donors (Lipinski definition) is 2. The van der Waals surface area contributed by atoms with Gasteiger partial charge in [-0.1, -0.05) is 0 Å². The van der Waals surface area contributed by atoms with Crippen molar-refractivity contribution in [1.82, 2.24) is 9.55 Å². The maximum absolute atomic E-state index is 12.2.